The number of rotatable bonds is 7. The zero-order chi connectivity index (χ0) is 16.2. The van der Waals surface area contributed by atoms with Crippen LogP contribution in [0.3, 0.4) is 0 Å². The zero-order valence-corrected chi connectivity index (χ0v) is 13.3. The fraction of sp³-hybridized carbons (Fsp3) is 0.562. The topological polar surface area (TPSA) is 69.4 Å². The van der Waals surface area contributed by atoms with Crippen LogP contribution in [0.5, 0.6) is 5.75 Å². The molecule has 1 atom stereocenters. The summed E-state index contributed by atoms with van der Waals surface area (Å²) in [5.74, 6) is 0.126. The number of Topliss-reactive ketones (excluding diaryl/α,β-unsaturated/α-hetero) is 1. The minimum absolute atomic E-state index is 0.0450. The van der Waals surface area contributed by atoms with E-state index in [9.17, 15) is 14.9 Å². The van der Waals surface area contributed by atoms with Crippen LogP contribution in [-0.4, -0.2) is 17.8 Å². The van der Waals surface area contributed by atoms with Crippen LogP contribution in [0.1, 0.15) is 62.4 Å². The molecule has 0 aliphatic carbocycles. The van der Waals surface area contributed by atoms with Gasteiger partial charge in [0.15, 0.2) is 5.78 Å². The van der Waals surface area contributed by atoms with Crippen LogP contribution in [0.4, 0.5) is 5.69 Å². The van der Waals surface area contributed by atoms with Gasteiger partial charge in [-0.25, -0.2) is 0 Å². The molecule has 0 aromatic heterocycles. The van der Waals surface area contributed by atoms with Gasteiger partial charge in [0.25, 0.3) is 5.69 Å². The lowest BCUT2D eigenvalue weighted by molar-refractivity contribution is -0.385. The van der Waals surface area contributed by atoms with Gasteiger partial charge < -0.3 is 4.74 Å². The fourth-order valence-corrected chi connectivity index (χ4v) is 2.50. The molecule has 1 aromatic carbocycles. The number of ether oxygens (including phenoxy) is 1. The molecule has 0 heterocycles. The lowest BCUT2D eigenvalue weighted by Gasteiger charge is -2.15. The van der Waals surface area contributed by atoms with Crippen LogP contribution < -0.4 is 4.74 Å². The maximum absolute atomic E-state index is 12.4. The first kappa shape index (κ1) is 17.1. The normalized spacial score (nSPS) is 12.3. The van der Waals surface area contributed by atoms with Crippen LogP contribution in [-0.2, 0) is 0 Å². The summed E-state index contributed by atoms with van der Waals surface area (Å²) in [7, 11) is 1.47. The third-order valence-electron chi connectivity index (χ3n) is 3.57. The van der Waals surface area contributed by atoms with Crippen LogP contribution in [0, 0.1) is 16.0 Å². The van der Waals surface area contributed by atoms with Crippen molar-refractivity contribution in [2.45, 2.75) is 46.5 Å². The summed E-state index contributed by atoms with van der Waals surface area (Å²) in [6.45, 7) is 7.59. The molecule has 0 spiro atoms. The van der Waals surface area contributed by atoms with Gasteiger partial charge in [-0.2, -0.15) is 0 Å². The zero-order valence-electron chi connectivity index (χ0n) is 13.3. The summed E-state index contributed by atoms with van der Waals surface area (Å²) in [5.41, 5.74) is 0.836. The molecule has 1 aromatic rings. The van der Waals surface area contributed by atoms with E-state index in [4.69, 9.17) is 4.74 Å². The number of carbonyl (C=O) groups is 1. The van der Waals surface area contributed by atoms with E-state index in [1.165, 1.54) is 13.2 Å². The Bertz CT molecular complexity index is 537. The molecule has 5 heteroatoms. The van der Waals surface area contributed by atoms with Gasteiger partial charge in [-0.1, -0.05) is 34.1 Å². The Morgan fingerprint density at radius 3 is 2.38 bits per heavy atom. The molecule has 0 bridgehead atoms. The van der Waals surface area contributed by atoms with Gasteiger partial charge >= 0.3 is 0 Å². The largest absolute Gasteiger partial charge is 0.496 e. The highest BCUT2D eigenvalue weighted by Gasteiger charge is 2.26. The lowest BCUT2D eigenvalue weighted by atomic mass is 9.91. The quantitative estimate of drug-likeness (QED) is 0.426. The van der Waals surface area contributed by atoms with Crippen molar-refractivity contribution in [1.82, 2.24) is 0 Å². The van der Waals surface area contributed by atoms with Crippen LogP contribution in [0.25, 0.3) is 0 Å². The molecule has 1 rings (SSSR count). The molecular weight excluding hydrogens is 270 g/mol. The summed E-state index contributed by atoms with van der Waals surface area (Å²) in [4.78, 5) is 23.2. The second-order valence-corrected chi connectivity index (χ2v) is 5.58. The number of nitro benzene ring substituents is 1. The average molecular weight is 293 g/mol. The molecule has 0 radical (unpaired) electrons. The molecule has 0 aliphatic heterocycles. The van der Waals surface area contributed by atoms with Gasteiger partial charge in [0.2, 0.25) is 0 Å². The van der Waals surface area contributed by atoms with Crippen molar-refractivity contribution in [3.05, 3.63) is 33.4 Å². The first-order valence-electron chi connectivity index (χ1n) is 7.23. The van der Waals surface area contributed by atoms with E-state index in [0.717, 1.165) is 12.8 Å². The van der Waals surface area contributed by atoms with Gasteiger partial charge in [0.1, 0.15) is 5.75 Å². The van der Waals surface area contributed by atoms with Crippen molar-refractivity contribution < 1.29 is 14.5 Å². The number of nitrogens with zero attached hydrogens (tertiary/aromatic N) is 1. The van der Waals surface area contributed by atoms with Crippen molar-refractivity contribution in [3.8, 4) is 5.75 Å². The van der Waals surface area contributed by atoms with E-state index in [-0.39, 0.29) is 23.3 Å². The average Bonchev–Trinajstić information content (AvgIpc) is 2.44. The summed E-state index contributed by atoms with van der Waals surface area (Å²) in [5, 5.41) is 11.3. The Morgan fingerprint density at radius 2 is 1.95 bits per heavy atom. The predicted octanol–water partition coefficient (Wildman–Crippen LogP) is 4.35. The maximum atomic E-state index is 12.4. The first-order chi connectivity index (χ1) is 9.83. The Kier molecular flexibility index (Phi) is 5.88. The Balaban J connectivity index is 3.40. The molecule has 0 amide bonds. The highest BCUT2D eigenvalue weighted by molar-refractivity contribution is 5.98. The van der Waals surface area contributed by atoms with Crippen molar-refractivity contribution in [2.24, 2.45) is 5.92 Å². The van der Waals surface area contributed by atoms with Crippen molar-refractivity contribution in [2.75, 3.05) is 7.11 Å². The fourth-order valence-electron chi connectivity index (χ4n) is 2.50. The van der Waals surface area contributed by atoms with Crippen molar-refractivity contribution >= 4 is 11.5 Å². The van der Waals surface area contributed by atoms with Crippen LogP contribution >= 0.6 is 0 Å². The van der Waals surface area contributed by atoms with E-state index in [1.807, 2.05) is 27.7 Å². The van der Waals surface area contributed by atoms with Gasteiger partial charge in [0, 0.05) is 17.5 Å². The molecule has 21 heavy (non-hydrogen) atoms. The summed E-state index contributed by atoms with van der Waals surface area (Å²) >= 11 is 0. The number of benzene rings is 1. The number of carbonyl (C=O) groups excluding carboxylic acids is 1. The van der Waals surface area contributed by atoms with Crippen molar-refractivity contribution in [3.63, 3.8) is 0 Å². The monoisotopic (exact) mass is 293 g/mol. The predicted molar refractivity (Wildman–Crippen MR) is 82.1 cm³/mol. The highest BCUT2D eigenvalue weighted by atomic mass is 16.6. The van der Waals surface area contributed by atoms with Crippen molar-refractivity contribution in [1.29, 1.82) is 0 Å². The lowest BCUT2D eigenvalue weighted by Crippen LogP contribution is -2.13. The molecule has 0 saturated carbocycles. The number of methoxy groups -OCH3 is 1. The molecule has 116 valence electrons. The Morgan fingerprint density at radius 1 is 1.33 bits per heavy atom. The summed E-state index contributed by atoms with van der Waals surface area (Å²) < 4.78 is 5.27. The van der Waals surface area contributed by atoms with E-state index < -0.39 is 4.92 Å². The third-order valence-corrected chi connectivity index (χ3v) is 3.57. The standard InChI is InChI=1S/C16H23NO4/c1-6-7-11(4)16(18)12-8-13(17(19)20)15(10(2)3)14(9-12)21-5/h8-11H,6-7H2,1-5H3. The Labute approximate surface area is 125 Å². The summed E-state index contributed by atoms with van der Waals surface area (Å²) in [6.07, 6.45) is 1.66. The number of hydrogen-bond acceptors (Lipinski definition) is 4. The first-order valence-corrected chi connectivity index (χ1v) is 7.23. The van der Waals surface area contributed by atoms with E-state index in [2.05, 4.69) is 0 Å². The SMILES string of the molecule is CCCC(C)C(=O)c1cc(OC)c(C(C)C)c([N+](=O)[O-])c1. The number of nitro groups is 1. The second-order valence-electron chi connectivity index (χ2n) is 5.58. The third kappa shape index (κ3) is 3.80. The van der Waals surface area contributed by atoms with Crippen LogP contribution in [0.15, 0.2) is 12.1 Å². The highest BCUT2D eigenvalue weighted by Crippen LogP contribution is 2.36. The molecular formula is C16H23NO4. The number of hydrogen-bond donors (Lipinski definition) is 0. The van der Waals surface area contributed by atoms with Crippen LogP contribution in [0.2, 0.25) is 0 Å². The molecule has 0 N–H and O–H groups in total. The van der Waals surface area contributed by atoms with Gasteiger partial charge in [-0.05, 0) is 18.4 Å². The van der Waals surface area contributed by atoms with E-state index in [0.29, 0.717) is 16.9 Å². The Hall–Kier alpha value is -1.91. The second kappa shape index (κ2) is 7.20. The molecule has 1 unspecified atom stereocenters. The molecule has 0 saturated heterocycles. The minimum Gasteiger partial charge on any atom is -0.496 e. The number of ketones is 1. The molecule has 0 fully saturated rings. The van der Waals surface area contributed by atoms with Gasteiger partial charge in [-0.15, -0.1) is 0 Å². The van der Waals surface area contributed by atoms with Gasteiger partial charge in [0.05, 0.1) is 17.6 Å². The molecule has 0 aliphatic rings. The van der Waals surface area contributed by atoms with E-state index in [1.54, 1.807) is 6.07 Å². The minimum atomic E-state index is -0.445. The molecule has 5 nitrogen and oxygen atoms in total. The summed E-state index contributed by atoms with van der Waals surface area (Å²) in [6, 6.07) is 3.00. The van der Waals surface area contributed by atoms with Gasteiger partial charge in [-0.3, -0.25) is 14.9 Å². The smallest absolute Gasteiger partial charge is 0.277 e. The van der Waals surface area contributed by atoms with E-state index >= 15 is 0 Å². The maximum Gasteiger partial charge on any atom is 0.277 e.